The summed E-state index contributed by atoms with van der Waals surface area (Å²) in [5, 5.41) is 0. The summed E-state index contributed by atoms with van der Waals surface area (Å²) >= 11 is 0. The van der Waals surface area contributed by atoms with E-state index in [1.165, 1.54) is 18.9 Å². The molecule has 1 atom stereocenters. The maximum Gasteiger partial charge on any atom is 0.416 e. The lowest BCUT2D eigenvalue weighted by molar-refractivity contribution is -0.137. The number of alkyl halides is 3. The average Bonchev–Trinajstić information content (AvgIpc) is 2.62. The van der Waals surface area contributed by atoms with Gasteiger partial charge in [-0.2, -0.15) is 13.2 Å². The first-order valence-corrected chi connectivity index (χ1v) is 7.17. The van der Waals surface area contributed by atoms with Gasteiger partial charge in [0.05, 0.1) is 16.9 Å². The van der Waals surface area contributed by atoms with E-state index in [1.54, 1.807) is 0 Å². The zero-order chi connectivity index (χ0) is 14.8. The van der Waals surface area contributed by atoms with Crippen LogP contribution in [0, 0.1) is 0 Å². The Bertz CT molecular complexity index is 457. The summed E-state index contributed by atoms with van der Waals surface area (Å²) in [4.78, 5) is 2.18. The van der Waals surface area contributed by atoms with Gasteiger partial charge in [0.2, 0.25) is 0 Å². The molecule has 1 saturated heterocycles. The van der Waals surface area contributed by atoms with Crippen molar-refractivity contribution >= 4 is 11.4 Å². The fourth-order valence-electron chi connectivity index (χ4n) is 2.91. The van der Waals surface area contributed by atoms with E-state index in [9.17, 15) is 13.2 Å². The molecule has 2 N–H and O–H groups in total. The van der Waals surface area contributed by atoms with Crippen LogP contribution in [-0.4, -0.2) is 12.6 Å². The van der Waals surface area contributed by atoms with Gasteiger partial charge in [-0.3, -0.25) is 0 Å². The molecule has 0 bridgehead atoms. The summed E-state index contributed by atoms with van der Waals surface area (Å²) in [6, 6.07) is 4.07. The summed E-state index contributed by atoms with van der Waals surface area (Å²) in [6.07, 6.45) is 1.15. The Balaban J connectivity index is 2.31. The molecule has 0 aromatic heterocycles. The number of nitrogen functional groups attached to an aromatic ring is 1. The van der Waals surface area contributed by atoms with Crippen molar-refractivity contribution in [3.05, 3.63) is 23.8 Å². The zero-order valence-corrected chi connectivity index (χ0v) is 11.7. The first-order chi connectivity index (χ1) is 9.43. The Hall–Kier alpha value is -1.39. The highest BCUT2D eigenvalue weighted by Crippen LogP contribution is 2.36. The predicted molar refractivity (Wildman–Crippen MR) is 75.7 cm³/mol. The number of hydrogen-bond acceptors (Lipinski definition) is 2. The lowest BCUT2D eigenvalue weighted by Crippen LogP contribution is -2.35. The van der Waals surface area contributed by atoms with Crippen LogP contribution in [0.2, 0.25) is 0 Å². The molecule has 1 aromatic rings. The van der Waals surface area contributed by atoms with E-state index in [0.29, 0.717) is 6.04 Å². The van der Waals surface area contributed by atoms with Crippen LogP contribution in [0.3, 0.4) is 0 Å². The molecule has 1 unspecified atom stereocenters. The molecule has 5 heteroatoms. The van der Waals surface area contributed by atoms with E-state index < -0.39 is 11.7 Å². The van der Waals surface area contributed by atoms with Gasteiger partial charge < -0.3 is 10.6 Å². The molecule has 1 aromatic carbocycles. The van der Waals surface area contributed by atoms with Crippen molar-refractivity contribution in [1.82, 2.24) is 0 Å². The second-order valence-corrected chi connectivity index (χ2v) is 5.38. The molecule has 0 spiro atoms. The van der Waals surface area contributed by atoms with Gasteiger partial charge in [0.25, 0.3) is 0 Å². The molecule has 1 fully saturated rings. The third-order valence-corrected chi connectivity index (χ3v) is 4.01. The molecule has 0 saturated carbocycles. The van der Waals surface area contributed by atoms with Crippen molar-refractivity contribution in [3.8, 4) is 0 Å². The van der Waals surface area contributed by atoms with Crippen LogP contribution in [0.5, 0.6) is 0 Å². The van der Waals surface area contributed by atoms with Gasteiger partial charge in [-0.25, -0.2) is 0 Å². The standard InChI is InChI=1S/C15H21F3N2/c1-2-12-6-4-3-5-9-20(12)14-8-7-11(10-13(14)19)15(16,17)18/h7-8,10,12H,2-6,9,19H2,1H3. The molecule has 112 valence electrons. The Morgan fingerprint density at radius 1 is 1.25 bits per heavy atom. The van der Waals surface area contributed by atoms with Gasteiger partial charge in [0.1, 0.15) is 0 Å². The Labute approximate surface area is 117 Å². The summed E-state index contributed by atoms with van der Waals surface area (Å²) in [5.74, 6) is 0. The minimum Gasteiger partial charge on any atom is -0.397 e. The molecule has 0 aliphatic carbocycles. The van der Waals surface area contributed by atoms with E-state index in [1.807, 2.05) is 0 Å². The van der Waals surface area contributed by atoms with E-state index in [2.05, 4.69) is 11.8 Å². The van der Waals surface area contributed by atoms with Gasteiger partial charge >= 0.3 is 6.18 Å². The van der Waals surface area contributed by atoms with Crippen molar-refractivity contribution in [3.63, 3.8) is 0 Å². The van der Waals surface area contributed by atoms with Crippen molar-refractivity contribution < 1.29 is 13.2 Å². The topological polar surface area (TPSA) is 29.3 Å². The summed E-state index contributed by atoms with van der Waals surface area (Å²) in [5.41, 5.74) is 6.16. The van der Waals surface area contributed by atoms with Crippen molar-refractivity contribution in [2.75, 3.05) is 17.2 Å². The molecule has 2 nitrogen and oxygen atoms in total. The van der Waals surface area contributed by atoms with E-state index >= 15 is 0 Å². The fourth-order valence-corrected chi connectivity index (χ4v) is 2.91. The Kier molecular flexibility index (Phi) is 4.45. The van der Waals surface area contributed by atoms with Crippen molar-refractivity contribution in [2.24, 2.45) is 0 Å². The minimum atomic E-state index is -4.34. The average molecular weight is 286 g/mol. The molecular weight excluding hydrogens is 265 g/mol. The number of anilines is 2. The predicted octanol–water partition coefficient (Wildman–Crippen LogP) is 4.45. The van der Waals surface area contributed by atoms with E-state index in [4.69, 9.17) is 5.73 Å². The smallest absolute Gasteiger partial charge is 0.397 e. The van der Waals surface area contributed by atoms with Gasteiger partial charge in [-0.05, 0) is 37.5 Å². The number of hydrogen-bond donors (Lipinski definition) is 1. The van der Waals surface area contributed by atoms with Gasteiger partial charge in [-0.15, -0.1) is 0 Å². The normalized spacial score (nSPS) is 20.8. The van der Waals surface area contributed by atoms with E-state index in [0.717, 1.165) is 43.6 Å². The molecule has 0 radical (unpaired) electrons. The Morgan fingerprint density at radius 2 is 2.00 bits per heavy atom. The van der Waals surface area contributed by atoms with E-state index in [-0.39, 0.29) is 5.69 Å². The number of nitrogens with zero attached hydrogens (tertiary/aromatic N) is 1. The SMILES string of the molecule is CCC1CCCCCN1c1ccc(C(F)(F)F)cc1N. The maximum absolute atomic E-state index is 12.7. The first-order valence-electron chi connectivity index (χ1n) is 7.17. The molecule has 20 heavy (non-hydrogen) atoms. The number of rotatable bonds is 2. The summed E-state index contributed by atoms with van der Waals surface area (Å²) < 4.78 is 38.0. The van der Waals surface area contributed by atoms with Crippen LogP contribution in [0.25, 0.3) is 0 Å². The lowest BCUT2D eigenvalue weighted by Gasteiger charge is -2.32. The fraction of sp³-hybridized carbons (Fsp3) is 0.600. The van der Waals surface area contributed by atoms with Crippen LogP contribution in [-0.2, 0) is 6.18 Å². The second kappa shape index (κ2) is 5.94. The van der Waals surface area contributed by atoms with Crippen LogP contribution < -0.4 is 10.6 Å². The van der Waals surface area contributed by atoms with Crippen LogP contribution in [0.4, 0.5) is 24.5 Å². The second-order valence-electron chi connectivity index (χ2n) is 5.38. The lowest BCUT2D eigenvalue weighted by atomic mass is 10.1. The summed E-state index contributed by atoms with van der Waals surface area (Å²) in [7, 11) is 0. The number of halogens is 3. The van der Waals surface area contributed by atoms with Crippen LogP contribution in [0.15, 0.2) is 18.2 Å². The van der Waals surface area contributed by atoms with Gasteiger partial charge in [-0.1, -0.05) is 19.8 Å². The largest absolute Gasteiger partial charge is 0.416 e. The third-order valence-electron chi connectivity index (χ3n) is 4.01. The quantitative estimate of drug-likeness (QED) is 0.814. The first kappa shape index (κ1) is 15.0. The van der Waals surface area contributed by atoms with Crippen LogP contribution in [0.1, 0.15) is 44.6 Å². The van der Waals surface area contributed by atoms with Crippen molar-refractivity contribution in [2.45, 2.75) is 51.2 Å². The molecule has 2 rings (SSSR count). The molecule has 1 aliphatic rings. The number of benzene rings is 1. The highest BCUT2D eigenvalue weighted by molar-refractivity contribution is 5.69. The van der Waals surface area contributed by atoms with Crippen molar-refractivity contribution in [1.29, 1.82) is 0 Å². The molecule has 0 amide bonds. The van der Waals surface area contributed by atoms with Gasteiger partial charge in [0, 0.05) is 12.6 Å². The Morgan fingerprint density at radius 3 is 2.60 bits per heavy atom. The zero-order valence-electron chi connectivity index (χ0n) is 11.7. The molecule has 1 aliphatic heterocycles. The highest BCUT2D eigenvalue weighted by Gasteiger charge is 2.31. The van der Waals surface area contributed by atoms with Crippen LogP contribution >= 0.6 is 0 Å². The highest BCUT2D eigenvalue weighted by atomic mass is 19.4. The minimum absolute atomic E-state index is 0.222. The van der Waals surface area contributed by atoms with Gasteiger partial charge in [0.15, 0.2) is 0 Å². The molecule has 1 heterocycles. The third kappa shape index (κ3) is 3.19. The molecular formula is C15H21F3N2. The summed E-state index contributed by atoms with van der Waals surface area (Å²) in [6.45, 7) is 2.98. The monoisotopic (exact) mass is 286 g/mol. The number of nitrogens with two attached hydrogens (primary N) is 1. The maximum atomic E-state index is 12.7.